The summed E-state index contributed by atoms with van der Waals surface area (Å²) in [6, 6.07) is 7.58. The van der Waals surface area contributed by atoms with Crippen molar-refractivity contribution in [1.29, 1.82) is 0 Å². The molecule has 0 N–H and O–H groups in total. The van der Waals surface area contributed by atoms with Crippen molar-refractivity contribution >= 4 is 11.9 Å². The molecule has 0 unspecified atom stereocenters. The van der Waals surface area contributed by atoms with Crippen molar-refractivity contribution in [2.24, 2.45) is 15.6 Å². The van der Waals surface area contributed by atoms with Crippen LogP contribution >= 0.6 is 0 Å². The number of pyridine rings is 1. The van der Waals surface area contributed by atoms with E-state index in [4.69, 9.17) is 4.74 Å². The van der Waals surface area contributed by atoms with E-state index in [9.17, 15) is 18.0 Å². The van der Waals surface area contributed by atoms with Crippen molar-refractivity contribution in [3.05, 3.63) is 76.1 Å². The number of halogens is 4. The van der Waals surface area contributed by atoms with Crippen molar-refractivity contribution in [2.45, 2.75) is 50.0 Å². The summed E-state index contributed by atoms with van der Waals surface area (Å²) in [5, 5.41) is 7.70. The second-order valence-electron chi connectivity index (χ2n) is 12.0. The molecule has 8 nitrogen and oxygen atoms in total. The second-order valence-corrected chi connectivity index (χ2v) is 12.0. The smallest absolute Gasteiger partial charge is 0.379 e. The SMILES string of the molecule is C[C@H](c1cc(C(F)(F)F)c2cn(-c3cccc(C4([C@H](F)[C]5N=NC=[N+]5C)COC4)c3)c(=O)n2c1)N1CCC2(CC2)C1. The number of fused-ring (bicyclic) bond motifs is 1. The molecule has 3 aromatic rings. The molecule has 2 saturated heterocycles. The van der Waals surface area contributed by atoms with Crippen LogP contribution in [-0.4, -0.2) is 64.3 Å². The maximum absolute atomic E-state index is 15.9. The number of likely N-dealkylation sites (tertiary alicyclic amines) is 1. The maximum Gasteiger partial charge on any atom is 0.418 e. The summed E-state index contributed by atoms with van der Waals surface area (Å²) in [6.07, 6.45) is 1.50. The molecule has 7 rings (SSSR count). The van der Waals surface area contributed by atoms with Gasteiger partial charge in [0.15, 0.2) is 6.17 Å². The zero-order valence-electron chi connectivity index (χ0n) is 22.7. The lowest BCUT2D eigenvalue weighted by Gasteiger charge is -2.44. The van der Waals surface area contributed by atoms with E-state index >= 15 is 4.39 Å². The van der Waals surface area contributed by atoms with Gasteiger partial charge >= 0.3 is 24.4 Å². The third kappa shape index (κ3) is 4.17. The second kappa shape index (κ2) is 9.06. The molecule has 2 aromatic heterocycles. The molecule has 1 radical (unpaired) electrons. The minimum absolute atomic E-state index is 0.0916. The van der Waals surface area contributed by atoms with E-state index in [1.54, 1.807) is 31.3 Å². The Kier molecular flexibility index (Phi) is 5.86. The monoisotopic (exact) mass is 570 g/mol. The Morgan fingerprint density at radius 3 is 2.51 bits per heavy atom. The number of alkyl halides is 4. The molecule has 4 aliphatic rings. The highest BCUT2D eigenvalue weighted by Gasteiger charge is 2.55. The van der Waals surface area contributed by atoms with Gasteiger partial charge in [-0.05, 0) is 72.6 Å². The summed E-state index contributed by atoms with van der Waals surface area (Å²) < 4.78 is 68.1. The Hall–Kier alpha value is -3.38. The fourth-order valence-corrected chi connectivity index (χ4v) is 6.46. The van der Waals surface area contributed by atoms with E-state index in [1.807, 2.05) is 6.92 Å². The predicted molar refractivity (Wildman–Crippen MR) is 142 cm³/mol. The van der Waals surface area contributed by atoms with Crippen molar-refractivity contribution in [1.82, 2.24) is 13.9 Å². The van der Waals surface area contributed by atoms with Crippen LogP contribution < -0.4 is 5.69 Å². The largest absolute Gasteiger partial charge is 0.418 e. The molecule has 12 heteroatoms. The lowest BCUT2D eigenvalue weighted by Crippen LogP contribution is -2.56. The van der Waals surface area contributed by atoms with Crippen LogP contribution in [0, 0.1) is 11.6 Å². The summed E-state index contributed by atoms with van der Waals surface area (Å²) in [6.45, 7) is 3.78. The average molecular weight is 571 g/mol. The Labute approximate surface area is 233 Å². The third-order valence-electron chi connectivity index (χ3n) is 9.43. The standard InChI is InChI=1S/C29H30F4N6O2/c1-18(37-9-8-27(14-37)6-7-27)19-10-22(29(31,32)33)23-13-38(26(40)39(23)12-19)21-5-3-4-20(11-21)28(15-41-16-28)24(30)25-35-34-17-36(25)2/h3-5,10-13,17-18,24H,6-9,14-16H2,1-2H3/q+1/t18-,24-/m1/s1. The number of ether oxygens (including phenoxy) is 1. The van der Waals surface area contributed by atoms with Gasteiger partial charge in [0.05, 0.1) is 47.6 Å². The minimum Gasteiger partial charge on any atom is -0.379 e. The van der Waals surface area contributed by atoms with Crippen molar-refractivity contribution in [3.8, 4) is 5.69 Å². The van der Waals surface area contributed by atoms with Crippen LogP contribution in [0.25, 0.3) is 11.2 Å². The average Bonchev–Trinajstić information content (AvgIpc) is 3.19. The van der Waals surface area contributed by atoms with Crippen LogP contribution in [0.5, 0.6) is 0 Å². The molecule has 41 heavy (non-hydrogen) atoms. The number of hydrogen-bond acceptors (Lipinski definition) is 5. The van der Waals surface area contributed by atoms with Gasteiger partial charge in [-0.15, -0.1) is 0 Å². The molecule has 1 saturated carbocycles. The molecular weight excluding hydrogens is 540 g/mol. The summed E-state index contributed by atoms with van der Waals surface area (Å²) >= 11 is 0. The summed E-state index contributed by atoms with van der Waals surface area (Å²) in [5.41, 5.74) is -1.10. The van der Waals surface area contributed by atoms with Gasteiger partial charge < -0.3 is 4.74 Å². The highest BCUT2D eigenvalue weighted by Crippen LogP contribution is 2.54. The lowest BCUT2D eigenvalue weighted by atomic mass is 9.73. The zero-order chi connectivity index (χ0) is 28.7. The van der Waals surface area contributed by atoms with Gasteiger partial charge in [-0.1, -0.05) is 12.1 Å². The quantitative estimate of drug-likeness (QED) is 0.313. The van der Waals surface area contributed by atoms with E-state index in [1.165, 1.54) is 46.8 Å². The number of benzene rings is 1. The predicted octanol–water partition coefficient (Wildman–Crippen LogP) is 4.89. The first-order valence-corrected chi connectivity index (χ1v) is 13.8. The molecule has 215 valence electrons. The van der Waals surface area contributed by atoms with E-state index in [0.717, 1.165) is 23.9 Å². The zero-order valence-corrected chi connectivity index (χ0v) is 22.7. The molecule has 1 spiro atoms. The van der Waals surface area contributed by atoms with Gasteiger partial charge in [-0.25, -0.2) is 13.8 Å². The fraction of sp³-hybridized carbons (Fsp3) is 0.483. The van der Waals surface area contributed by atoms with Crippen LogP contribution in [0.2, 0.25) is 0 Å². The highest BCUT2D eigenvalue weighted by molar-refractivity contribution is 5.58. The summed E-state index contributed by atoms with van der Waals surface area (Å²) in [4.78, 5) is 15.9. The Balaban J connectivity index is 1.29. The topological polar surface area (TPSA) is 66.6 Å². The van der Waals surface area contributed by atoms with Crippen LogP contribution in [0.15, 0.2) is 57.7 Å². The van der Waals surface area contributed by atoms with Crippen LogP contribution in [0.4, 0.5) is 17.6 Å². The normalized spacial score (nSPS) is 23.2. The molecule has 2 atom stereocenters. The molecule has 3 fully saturated rings. The molecule has 0 amide bonds. The van der Waals surface area contributed by atoms with E-state index in [-0.39, 0.29) is 30.9 Å². The number of rotatable bonds is 6. The van der Waals surface area contributed by atoms with Gasteiger partial charge in [0, 0.05) is 25.0 Å². The van der Waals surface area contributed by atoms with Crippen LogP contribution in [0.1, 0.15) is 48.9 Å². The first kappa shape index (κ1) is 26.5. The Bertz CT molecular complexity index is 1650. The molecule has 0 bridgehead atoms. The number of aromatic nitrogens is 2. The van der Waals surface area contributed by atoms with Crippen molar-refractivity contribution in [3.63, 3.8) is 0 Å². The highest BCUT2D eigenvalue weighted by atomic mass is 19.4. The van der Waals surface area contributed by atoms with Crippen molar-refractivity contribution in [2.75, 3.05) is 33.4 Å². The van der Waals surface area contributed by atoms with E-state index < -0.39 is 29.0 Å². The number of azo groups is 1. The number of nitrogens with zero attached hydrogens (tertiary/aromatic N) is 6. The van der Waals surface area contributed by atoms with Crippen molar-refractivity contribution < 1.29 is 26.9 Å². The first-order valence-electron chi connectivity index (χ1n) is 13.8. The van der Waals surface area contributed by atoms with Crippen LogP contribution in [0.3, 0.4) is 0 Å². The maximum atomic E-state index is 15.9. The Morgan fingerprint density at radius 2 is 1.90 bits per heavy atom. The molecule has 3 aliphatic heterocycles. The molecule has 1 aliphatic carbocycles. The van der Waals surface area contributed by atoms with Gasteiger partial charge in [-0.2, -0.15) is 13.2 Å². The fourth-order valence-electron chi connectivity index (χ4n) is 6.46. The van der Waals surface area contributed by atoms with Gasteiger partial charge in [0.2, 0.25) is 0 Å². The van der Waals surface area contributed by atoms with E-state index in [2.05, 4.69) is 15.1 Å². The van der Waals surface area contributed by atoms with E-state index in [0.29, 0.717) is 22.2 Å². The minimum atomic E-state index is -4.66. The Morgan fingerprint density at radius 1 is 1.12 bits per heavy atom. The third-order valence-corrected chi connectivity index (χ3v) is 9.43. The van der Waals surface area contributed by atoms with Gasteiger partial charge in [-0.3, -0.25) is 13.9 Å². The first-order chi connectivity index (χ1) is 19.5. The molecular formula is C29H30F4N6O2+. The summed E-state index contributed by atoms with van der Waals surface area (Å²) in [7, 11) is 1.65. The molecule has 1 aromatic carbocycles. The van der Waals surface area contributed by atoms with Crippen LogP contribution in [-0.2, 0) is 16.3 Å². The summed E-state index contributed by atoms with van der Waals surface area (Å²) in [5.74, 6) is 0. The lowest BCUT2D eigenvalue weighted by molar-refractivity contribution is -0.485. The van der Waals surface area contributed by atoms with Gasteiger partial charge in [0.1, 0.15) is 0 Å². The number of imidazole rings is 1. The number of hydrogen-bond donors (Lipinski definition) is 0. The van der Waals surface area contributed by atoms with Gasteiger partial charge in [0.25, 0.3) is 0 Å². The molecule has 5 heterocycles.